The standard InChI is InChI=1S/C49H90O14/c1-3-5-7-9-11-13-15-17-19-21-23-25-27-29-31-33-58-35-38(61-41(51)32-30-28-26-24-22-20-18-16-14-12-10-8-6-4-2)36-59-48-47(57)45(55)43(53)40(63-48)37-60-49-46(56)44(54)42(52)39(34-50)62-49/h9,11,15,17,38-40,42-50,52-57H,3-8,10,12-14,16,18-37H2,1-2H3/b11-9-,17-15-. The van der Waals surface area contributed by atoms with Crippen molar-refractivity contribution in [3.8, 4) is 0 Å². The molecular weight excluding hydrogens is 813 g/mol. The molecule has 0 radical (unpaired) electrons. The average molecular weight is 903 g/mol. The molecule has 2 fully saturated rings. The first kappa shape index (κ1) is 57.6. The summed E-state index contributed by atoms with van der Waals surface area (Å²) in [4.78, 5) is 13.0. The number of esters is 1. The van der Waals surface area contributed by atoms with Crippen molar-refractivity contribution in [2.45, 2.75) is 248 Å². The van der Waals surface area contributed by atoms with Crippen molar-refractivity contribution in [2.75, 3.05) is 33.0 Å². The van der Waals surface area contributed by atoms with Crippen molar-refractivity contribution in [1.82, 2.24) is 0 Å². The van der Waals surface area contributed by atoms with Crippen molar-refractivity contribution in [3.63, 3.8) is 0 Å². The van der Waals surface area contributed by atoms with Crippen molar-refractivity contribution in [1.29, 1.82) is 0 Å². The van der Waals surface area contributed by atoms with Crippen LogP contribution in [-0.4, -0.2) is 142 Å². The number of ether oxygens (including phenoxy) is 6. The van der Waals surface area contributed by atoms with Crippen LogP contribution in [0.3, 0.4) is 0 Å². The van der Waals surface area contributed by atoms with Gasteiger partial charge in [-0.1, -0.05) is 160 Å². The minimum Gasteiger partial charge on any atom is -0.457 e. The number of aliphatic hydroxyl groups is 7. The zero-order valence-corrected chi connectivity index (χ0v) is 39.1. The summed E-state index contributed by atoms with van der Waals surface area (Å²) >= 11 is 0. The number of allylic oxidation sites excluding steroid dienone is 4. The lowest BCUT2D eigenvalue weighted by Crippen LogP contribution is -2.61. The van der Waals surface area contributed by atoms with Gasteiger partial charge in [0.1, 0.15) is 54.9 Å². The maximum Gasteiger partial charge on any atom is 0.306 e. The highest BCUT2D eigenvalue weighted by molar-refractivity contribution is 5.69. The zero-order valence-electron chi connectivity index (χ0n) is 39.1. The van der Waals surface area contributed by atoms with Crippen molar-refractivity contribution in [3.05, 3.63) is 24.3 Å². The third-order valence-corrected chi connectivity index (χ3v) is 12.0. The molecule has 2 aliphatic rings. The summed E-state index contributed by atoms with van der Waals surface area (Å²) in [7, 11) is 0. The largest absolute Gasteiger partial charge is 0.457 e. The first-order valence-corrected chi connectivity index (χ1v) is 24.9. The number of rotatable bonds is 39. The van der Waals surface area contributed by atoms with Crippen molar-refractivity contribution in [2.24, 2.45) is 0 Å². The van der Waals surface area contributed by atoms with E-state index in [1.807, 2.05) is 0 Å². The zero-order chi connectivity index (χ0) is 45.9. The molecule has 0 bridgehead atoms. The number of hydrogen-bond acceptors (Lipinski definition) is 14. The fourth-order valence-electron chi connectivity index (χ4n) is 7.83. The Morgan fingerprint density at radius 1 is 0.524 bits per heavy atom. The van der Waals surface area contributed by atoms with E-state index in [0.29, 0.717) is 13.0 Å². The van der Waals surface area contributed by atoms with E-state index < -0.39 is 80.7 Å². The van der Waals surface area contributed by atoms with Gasteiger partial charge in [0.2, 0.25) is 0 Å². The van der Waals surface area contributed by atoms with Gasteiger partial charge >= 0.3 is 5.97 Å². The topological polar surface area (TPSA) is 214 Å². The minimum atomic E-state index is -1.70. The fourth-order valence-corrected chi connectivity index (χ4v) is 7.83. The molecule has 370 valence electrons. The minimum absolute atomic E-state index is 0.0578. The Bertz CT molecular complexity index is 1140. The van der Waals surface area contributed by atoms with Gasteiger partial charge in [-0.3, -0.25) is 4.79 Å². The number of hydrogen-bond donors (Lipinski definition) is 7. The third-order valence-electron chi connectivity index (χ3n) is 12.0. The van der Waals surface area contributed by atoms with Crippen LogP contribution in [-0.2, 0) is 33.2 Å². The quantitative estimate of drug-likeness (QED) is 0.0191. The Balaban J connectivity index is 1.79. The summed E-state index contributed by atoms with van der Waals surface area (Å²) in [6.07, 6.45) is 22.4. The van der Waals surface area contributed by atoms with Gasteiger partial charge in [0.15, 0.2) is 12.6 Å². The summed E-state index contributed by atoms with van der Waals surface area (Å²) in [5.74, 6) is -0.379. The molecule has 0 amide bonds. The van der Waals surface area contributed by atoms with Gasteiger partial charge in [-0.2, -0.15) is 0 Å². The third kappa shape index (κ3) is 25.8. The monoisotopic (exact) mass is 903 g/mol. The summed E-state index contributed by atoms with van der Waals surface area (Å²) in [6.45, 7) is 3.63. The molecule has 7 N–H and O–H groups in total. The highest BCUT2D eigenvalue weighted by Gasteiger charge is 2.47. The van der Waals surface area contributed by atoms with Crippen LogP contribution in [0, 0.1) is 0 Å². The van der Waals surface area contributed by atoms with E-state index in [9.17, 15) is 40.5 Å². The summed E-state index contributed by atoms with van der Waals surface area (Å²) in [5, 5.41) is 72.0. The first-order valence-electron chi connectivity index (χ1n) is 24.9. The molecule has 2 saturated heterocycles. The van der Waals surface area contributed by atoms with Crippen LogP contribution in [0.25, 0.3) is 0 Å². The summed E-state index contributed by atoms with van der Waals surface area (Å²) < 4.78 is 34.2. The molecule has 0 aromatic heterocycles. The summed E-state index contributed by atoms with van der Waals surface area (Å²) in [5.41, 5.74) is 0. The van der Waals surface area contributed by atoms with Gasteiger partial charge in [-0.05, 0) is 38.5 Å². The predicted molar refractivity (Wildman–Crippen MR) is 243 cm³/mol. The Kier molecular flexibility index (Phi) is 34.3. The molecule has 0 aliphatic carbocycles. The van der Waals surface area contributed by atoms with E-state index in [2.05, 4.69) is 38.2 Å². The second-order valence-electron chi connectivity index (χ2n) is 17.6. The molecule has 14 heteroatoms. The molecular formula is C49H90O14. The average Bonchev–Trinajstić information content (AvgIpc) is 3.28. The molecule has 2 rings (SSSR count). The highest BCUT2D eigenvalue weighted by atomic mass is 16.7. The SMILES string of the molecule is CCCC/C=C\C/C=C\CCCCCCCCOCC(COC1OC(COC2OC(CO)C(O)C(O)C2O)C(O)C(O)C1O)OC(=O)CCCCCCCCCCCCCCCC. The Labute approximate surface area is 379 Å². The van der Waals surface area contributed by atoms with Gasteiger partial charge < -0.3 is 64.2 Å². The molecule has 11 atom stereocenters. The lowest BCUT2D eigenvalue weighted by atomic mass is 9.98. The van der Waals surface area contributed by atoms with Crippen LogP contribution in [0.15, 0.2) is 24.3 Å². The molecule has 0 spiro atoms. The van der Waals surface area contributed by atoms with Gasteiger partial charge in [-0.25, -0.2) is 0 Å². The molecule has 0 saturated carbocycles. The molecule has 63 heavy (non-hydrogen) atoms. The van der Waals surface area contributed by atoms with Gasteiger partial charge in [0.25, 0.3) is 0 Å². The van der Waals surface area contributed by atoms with Crippen LogP contribution >= 0.6 is 0 Å². The van der Waals surface area contributed by atoms with Gasteiger partial charge in [0, 0.05) is 13.0 Å². The first-order chi connectivity index (χ1) is 30.6. The highest BCUT2D eigenvalue weighted by Crippen LogP contribution is 2.26. The van der Waals surface area contributed by atoms with Crippen molar-refractivity contribution >= 4 is 5.97 Å². The summed E-state index contributed by atoms with van der Waals surface area (Å²) in [6, 6.07) is 0. The molecule has 2 heterocycles. The van der Waals surface area contributed by atoms with Gasteiger partial charge in [-0.15, -0.1) is 0 Å². The molecule has 0 aromatic rings. The molecule has 0 aromatic carbocycles. The molecule has 14 nitrogen and oxygen atoms in total. The predicted octanol–water partition coefficient (Wildman–Crippen LogP) is 6.85. The number of aliphatic hydroxyl groups excluding tert-OH is 7. The van der Waals surface area contributed by atoms with E-state index in [0.717, 1.165) is 64.2 Å². The van der Waals surface area contributed by atoms with E-state index in [1.165, 1.54) is 89.9 Å². The van der Waals surface area contributed by atoms with E-state index in [1.54, 1.807) is 0 Å². The maximum absolute atomic E-state index is 13.0. The van der Waals surface area contributed by atoms with Gasteiger partial charge in [0.05, 0.1) is 26.4 Å². The number of carbonyl (C=O) groups excluding carboxylic acids is 1. The van der Waals surface area contributed by atoms with Crippen LogP contribution in [0.4, 0.5) is 0 Å². The maximum atomic E-state index is 13.0. The Morgan fingerprint density at radius 2 is 1.00 bits per heavy atom. The van der Waals surface area contributed by atoms with E-state index in [4.69, 9.17) is 28.4 Å². The number of carbonyl (C=O) groups is 1. The second kappa shape index (κ2) is 37.5. The van der Waals surface area contributed by atoms with E-state index >= 15 is 0 Å². The smallest absolute Gasteiger partial charge is 0.306 e. The van der Waals surface area contributed by atoms with Crippen LogP contribution in [0.2, 0.25) is 0 Å². The van der Waals surface area contributed by atoms with Crippen LogP contribution in [0.5, 0.6) is 0 Å². The Morgan fingerprint density at radius 3 is 1.57 bits per heavy atom. The second-order valence-corrected chi connectivity index (χ2v) is 17.6. The van der Waals surface area contributed by atoms with Crippen molar-refractivity contribution < 1.29 is 69.0 Å². The Hall–Kier alpha value is -1.53. The van der Waals surface area contributed by atoms with Crippen LogP contribution < -0.4 is 0 Å². The van der Waals surface area contributed by atoms with E-state index in [-0.39, 0.29) is 25.6 Å². The fraction of sp³-hybridized carbons (Fsp3) is 0.898. The lowest BCUT2D eigenvalue weighted by Gasteiger charge is -2.42. The number of unbranched alkanes of at least 4 members (excludes halogenated alkanes) is 21. The normalized spacial score (nSPS) is 27.1. The molecule has 2 aliphatic heterocycles. The van der Waals surface area contributed by atoms with Crippen LogP contribution in [0.1, 0.15) is 181 Å². The molecule has 11 unspecified atom stereocenters. The lowest BCUT2D eigenvalue weighted by molar-refractivity contribution is -0.332.